The van der Waals surface area contributed by atoms with Gasteiger partial charge in [0.1, 0.15) is 16.5 Å². The summed E-state index contributed by atoms with van der Waals surface area (Å²) in [5.41, 5.74) is 2.63. The van der Waals surface area contributed by atoms with Gasteiger partial charge in [-0.2, -0.15) is 4.31 Å². The lowest BCUT2D eigenvalue weighted by molar-refractivity contribution is 0.0697. The minimum atomic E-state index is -4.16. The van der Waals surface area contributed by atoms with Crippen molar-refractivity contribution in [3.05, 3.63) is 64.7 Å². The molecule has 0 aliphatic carbocycles. The first-order valence-corrected chi connectivity index (χ1v) is 9.96. The molecule has 0 aromatic heterocycles. The molecule has 0 radical (unpaired) electrons. The van der Waals surface area contributed by atoms with E-state index in [0.717, 1.165) is 27.6 Å². The van der Waals surface area contributed by atoms with E-state index in [1.54, 1.807) is 11.0 Å². The Labute approximate surface area is 157 Å². The summed E-state index contributed by atoms with van der Waals surface area (Å²) in [5, 5.41) is 0. The highest BCUT2D eigenvalue weighted by molar-refractivity contribution is 7.89. The quantitative estimate of drug-likeness (QED) is 0.804. The van der Waals surface area contributed by atoms with E-state index in [0.29, 0.717) is 11.6 Å². The highest BCUT2D eigenvalue weighted by Gasteiger charge is 2.32. The van der Waals surface area contributed by atoms with Crippen molar-refractivity contribution in [2.45, 2.75) is 18.7 Å². The van der Waals surface area contributed by atoms with Gasteiger partial charge in [0.05, 0.1) is 0 Å². The van der Waals surface area contributed by atoms with Gasteiger partial charge in [-0.15, -0.1) is 0 Å². The number of amides is 1. The van der Waals surface area contributed by atoms with Gasteiger partial charge in [-0.05, 0) is 55.3 Å². The van der Waals surface area contributed by atoms with Crippen LogP contribution in [-0.4, -0.2) is 49.7 Å². The van der Waals surface area contributed by atoms with Crippen LogP contribution in [0.15, 0.2) is 41.3 Å². The number of rotatable bonds is 3. The number of sulfonamides is 1. The first-order valence-electron chi connectivity index (χ1n) is 8.52. The SMILES string of the molecule is Cc1ccc(C(=O)N2CCN(S(=O)(=O)c3cc(F)ccc3F)CC2)cc1C. The lowest BCUT2D eigenvalue weighted by Crippen LogP contribution is -2.50. The van der Waals surface area contributed by atoms with Crippen LogP contribution in [0.2, 0.25) is 0 Å². The van der Waals surface area contributed by atoms with E-state index >= 15 is 0 Å². The third-order valence-corrected chi connectivity index (χ3v) is 6.70. The number of hydrogen-bond donors (Lipinski definition) is 0. The predicted octanol–water partition coefficient (Wildman–Crippen LogP) is 2.73. The second-order valence-corrected chi connectivity index (χ2v) is 8.48. The summed E-state index contributed by atoms with van der Waals surface area (Å²) in [7, 11) is -4.16. The highest BCUT2D eigenvalue weighted by atomic mass is 32.2. The molecule has 0 N–H and O–H groups in total. The Morgan fingerprint density at radius 2 is 1.59 bits per heavy atom. The fraction of sp³-hybridized carbons (Fsp3) is 0.316. The van der Waals surface area contributed by atoms with Crippen LogP contribution in [0.5, 0.6) is 0 Å². The van der Waals surface area contributed by atoms with Gasteiger partial charge >= 0.3 is 0 Å². The summed E-state index contributed by atoms with van der Waals surface area (Å²) < 4.78 is 53.5. The molecule has 144 valence electrons. The number of aryl methyl sites for hydroxylation is 2. The van der Waals surface area contributed by atoms with E-state index in [9.17, 15) is 22.0 Å². The van der Waals surface area contributed by atoms with E-state index in [-0.39, 0.29) is 32.1 Å². The summed E-state index contributed by atoms with van der Waals surface area (Å²) >= 11 is 0. The van der Waals surface area contributed by atoms with E-state index in [1.807, 2.05) is 26.0 Å². The van der Waals surface area contributed by atoms with Gasteiger partial charge in [-0.25, -0.2) is 17.2 Å². The van der Waals surface area contributed by atoms with Gasteiger partial charge in [-0.1, -0.05) is 6.07 Å². The zero-order chi connectivity index (χ0) is 19.8. The van der Waals surface area contributed by atoms with Crippen molar-refractivity contribution >= 4 is 15.9 Å². The molecule has 1 aliphatic rings. The minimum Gasteiger partial charge on any atom is -0.336 e. The molecular weight excluding hydrogens is 374 g/mol. The zero-order valence-corrected chi connectivity index (χ0v) is 15.9. The number of hydrogen-bond acceptors (Lipinski definition) is 3. The van der Waals surface area contributed by atoms with Gasteiger partial charge in [0.2, 0.25) is 10.0 Å². The molecule has 0 atom stereocenters. The predicted molar refractivity (Wildman–Crippen MR) is 96.9 cm³/mol. The summed E-state index contributed by atoms with van der Waals surface area (Å²) in [6.45, 7) is 4.29. The molecule has 1 saturated heterocycles. The summed E-state index contributed by atoms with van der Waals surface area (Å²) in [6, 6.07) is 7.77. The molecule has 1 fully saturated rings. The zero-order valence-electron chi connectivity index (χ0n) is 15.1. The molecule has 0 unspecified atom stereocenters. The van der Waals surface area contributed by atoms with Crippen LogP contribution >= 0.6 is 0 Å². The standard InChI is InChI=1S/C19H20F2N2O3S/c1-13-3-4-15(11-14(13)2)19(24)22-7-9-23(10-8-22)27(25,26)18-12-16(20)5-6-17(18)21/h3-6,11-12H,7-10H2,1-2H3. The summed E-state index contributed by atoms with van der Waals surface area (Å²) in [6.07, 6.45) is 0. The molecule has 1 aliphatic heterocycles. The van der Waals surface area contributed by atoms with E-state index in [1.165, 1.54) is 0 Å². The Morgan fingerprint density at radius 1 is 0.926 bits per heavy atom. The van der Waals surface area contributed by atoms with Crippen molar-refractivity contribution < 1.29 is 22.0 Å². The average Bonchev–Trinajstić information content (AvgIpc) is 2.65. The fourth-order valence-corrected chi connectivity index (χ4v) is 4.50. The van der Waals surface area contributed by atoms with E-state index in [2.05, 4.69) is 0 Å². The van der Waals surface area contributed by atoms with E-state index in [4.69, 9.17) is 0 Å². The molecule has 1 heterocycles. The molecule has 0 saturated carbocycles. The van der Waals surface area contributed by atoms with Crippen LogP contribution in [0.3, 0.4) is 0 Å². The Morgan fingerprint density at radius 3 is 2.22 bits per heavy atom. The number of benzene rings is 2. The normalized spacial score (nSPS) is 15.8. The molecule has 2 aromatic carbocycles. The third-order valence-electron chi connectivity index (χ3n) is 4.79. The molecular formula is C19H20F2N2O3S. The van der Waals surface area contributed by atoms with Gasteiger partial charge < -0.3 is 4.90 Å². The lowest BCUT2D eigenvalue weighted by atomic mass is 10.1. The number of nitrogens with zero attached hydrogens (tertiary/aromatic N) is 2. The molecule has 3 rings (SSSR count). The van der Waals surface area contributed by atoms with Crippen LogP contribution in [0.4, 0.5) is 8.78 Å². The second-order valence-electron chi connectivity index (χ2n) is 6.57. The molecule has 27 heavy (non-hydrogen) atoms. The molecule has 0 bridgehead atoms. The van der Waals surface area contributed by atoms with Crippen molar-refractivity contribution in [1.29, 1.82) is 0 Å². The van der Waals surface area contributed by atoms with Crippen LogP contribution in [0.25, 0.3) is 0 Å². The van der Waals surface area contributed by atoms with Gasteiger partial charge in [0.15, 0.2) is 0 Å². The van der Waals surface area contributed by atoms with E-state index < -0.39 is 26.6 Å². The maximum atomic E-state index is 13.9. The van der Waals surface area contributed by atoms with Gasteiger partial charge in [0.25, 0.3) is 5.91 Å². The van der Waals surface area contributed by atoms with Crippen LogP contribution in [-0.2, 0) is 10.0 Å². The van der Waals surface area contributed by atoms with Crippen molar-refractivity contribution in [3.8, 4) is 0 Å². The number of piperazine rings is 1. The van der Waals surface area contributed by atoms with Crippen molar-refractivity contribution in [2.75, 3.05) is 26.2 Å². The smallest absolute Gasteiger partial charge is 0.253 e. The lowest BCUT2D eigenvalue weighted by Gasteiger charge is -2.34. The number of halogens is 2. The van der Waals surface area contributed by atoms with Gasteiger partial charge in [0, 0.05) is 31.7 Å². The topological polar surface area (TPSA) is 57.7 Å². The monoisotopic (exact) mass is 394 g/mol. The Balaban J connectivity index is 1.73. The van der Waals surface area contributed by atoms with Crippen LogP contribution in [0.1, 0.15) is 21.5 Å². The second kappa shape index (κ2) is 7.36. The summed E-state index contributed by atoms with van der Waals surface area (Å²) in [5.74, 6) is -1.99. The van der Waals surface area contributed by atoms with Crippen LogP contribution < -0.4 is 0 Å². The molecule has 0 spiro atoms. The van der Waals surface area contributed by atoms with Gasteiger partial charge in [-0.3, -0.25) is 4.79 Å². The fourth-order valence-electron chi connectivity index (χ4n) is 3.00. The average molecular weight is 394 g/mol. The minimum absolute atomic E-state index is 0.0227. The molecule has 5 nitrogen and oxygen atoms in total. The number of carbonyl (C=O) groups excluding carboxylic acids is 1. The van der Waals surface area contributed by atoms with Crippen molar-refractivity contribution in [2.24, 2.45) is 0 Å². The maximum absolute atomic E-state index is 13.9. The Hall–Kier alpha value is -2.32. The van der Waals surface area contributed by atoms with Crippen molar-refractivity contribution in [3.63, 3.8) is 0 Å². The first kappa shape index (κ1) is 19.4. The highest BCUT2D eigenvalue weighted by Crippen LogP contribution is 2.22. The Bertz CT molecular complexity index is 984. The van der Waals surface area contributed by atoms with Crippen LogP contribution in [0, 0.1) is 25.5 Å². The van der Waals surface area contributed by atoms with Crippen molar-refractivity contribution in [1.82, 2.24) is 9.21 Å². The molecule has 1 amide bonds. The summed E-state index contributed by atoms with van der Waals surface area (Å²) in [4.78, 5) is 13.5. The maximum Gasteiger partial charge on any atom is 0.253 e. The molecule has 8 heteroatoms. The Kier molecular flexibility index (Phi) is 5.30. The first-order chi connectivity index (χ1) is 12.7. The third kappa shape index (κ3) is 3.86. The largest absolute Gasteiger partial charge is 0.336 e. The molecule has 2 aromatic rings. The number of carbonyl (C=O) groups is 1.